The molecule has 6 heteroatoms. The van der Waals surface area contributed by atoms with Crippen LogP contribution in [0.3, 0.4) is 0 Å². The van der Waals surface area contributed by atoms with E-state index in [-0.39, 0.29) is 28.5 Å². The second-order valence-corrected chi connectivity index (χ2v) is 6.01. The van der Waals surface area contributed by atoms with Gasteiger partial charge in [-0.3, -0.25) is 9.59 Å². The normalized spacial score (nSPS) is 24.1. The van der Waals surface area contributed by atoms with Gasteiger partial charge in [-0.1, -0.05) is 0 Å². The van der Waals surface area contributed by atoms with Crippen molar-refractivity contribution in [3.8, 4) is 0 Å². The van der Waals surface area contributed by atoms with Crippen molar-refractivity contribution in [3.63, 3.8) is 0 Å². The number of aryl methyl sites for hydroxylation is 1. The second kappa shape index (κ2) is 5.61. The van der Waals surface area contributed by atoms with E-state index in [1.165, 1.54) is 12.3 Å². The van der Waals surface area contributed by atoms with Crippen molar-refractivity contribution >= 4 is 5.91 Å². The third-order valence-electron chi connectivity index (χ3n) is 4.36. The summed E-state index contributed by atoms with van der Waals surface area (Å²) in [7, 11) is 0. The molecule has 6 nitrogen and oxygen atoms in total. The highest BCUT2D eigenvalue weighted by atomic mass is 16.5. The Morgan fingerprint density at radius 1 is 1.43 bits per heavy atom. The topological polar surface area (TPSA) is 83.2 Å². The number of carbonyl (C=O) groups is 1. The van der Waals surface area contributed by atoms with E-state index < -0.39 is 0 Å². The Morgan fingerprint density at radius 2 is 2.19 bits per heavy atom. The van der Waals surface area contributed by atoms with Gasteiger partial charge in [-0.15, -0.1) is 0 Å². The molecular weight excluding hydrogens is 270 g/mol. The first-order chi connectivity index (χ1) is 10.1. The van der Waals surface area contributed by atoms with Gasteiger partial charge in [0.25, 0.3) is 5.91 Å². The fraction of sp³-hybridized carbons (Fsp3) is 0.600. The molecule has 1 aromatic rings. The maximum absolute atomic E-state index is 12.2. The average molecular weight is 291 g/mol. The number of amides is 1. The Balaban J connectivity index is 1.64. The molecule has 0 aromatic carbocycles. The second-order valence-electron chi connectivity index (χ2n) is 6.01. The van der Waals surface area contributed by atoms with E-state index in [9.17, 15) is 9.59 Å². The van der Waals surface area contributed by atoms with Gasteiger partial charge in [0.2, 0.25) is 0 Å². The molecule has 2 fully saturated rings. The largest absolute Gasteiger partial charge is 0.373 e. The van der Waals surface area contributed by atoms with Crippen LogP contribution >= 0.6 is 0 Å². The van der Waals surface area contributed by atoms with Gasteiger partial charge < -0.3 is 20.4 Å². The third-order valence-corrected chi connectivity index (χ3v) is 4.36. The van der Waals surface area contributed by atoms with Crippen LogP contribution in [0.2, 0.25) is 0 Å². The molecular formula is C15H21N3O3. The molecule has 1 unspecified atom stereocenters. The maximum Gasteiger partial charge on any atom is 0.257 e. The Hall–Kier alpha value is -1.66. The molecule has 2 saturated heterocycles. The molecule has 2 aliphatic rings. The number of aromatic amines is 1. The van der Waals surface area contributed by atoms with Crippen LogP contribution in [-0.2, 0) is 4.74 Å². The molecule has 3 N–H and O–H groups in total. The van der Waals surface area contributed by atoms with Gasteiger partial charge in [0, 0.05) is 18.0 Å². The van der Waals surface area contributed by atoms with E-state index in [2.05, 4.69) is 15.6 Å². The fourth-order valence-electron chi connectivity index (χ4n) is 3.18. The summed E-state index contributed by atoms with van der Waals surface area (Å²) in [5.41, 5.74) is 0.559. The SMILES string of the molecule is Cc1cc(=O)c(C(=O)NC2COC3(CCNCC3)C2)c[nH]1. The lowest BCUT2D eigenvalue weighted by atomic mass is 9.88. The molecule has 2 aliphatic heterocycles. The van der Waals surface area contributed by atoms with Crippen molar-refractivity contribution in [1.82, 2.24) is 15.6 Å². The van der Waals surface area contributed by atoms with Crippen LogP contribution in [-0.4, -0.2) is 42.2 Å². The van der Waals surface area contributed by atoms with Gasteiger partial charge in [-0.05, 0) is 39.3 Å². The van der Waals surface area contributed by atoms with Crippen LogP contribution < -0.4 is 16.1 Å². The summed E-state index contributed by atoms with van der Waals surface area (Å²) >= 11 is 0. The first-order valence-corrected chi connectivity index (χ1v) is 7.43. The van der Waals surface area contributed by atoms with Crippen LogP contribution in [0.15, 0.2) is 17.1 Å². The zero-order valence-electron chi connectivity index (χ0n) is 12.2. The summed E-state index contributed by atoms with van der Waals surface area (Å²) in [6, 6.07) is 1.42. The van der Waals surface area contributed by atoms with E-state index in [4.69, 9.17) is 4.74 Å². The van der Waals surface area contributed by atoms with Crippen molar-refractivity contribution in [3.05, 3.63) is 33.7 Å². The van der Waals surface area contributed by atoms with Crippen molar-refractivity contribution < 1.29 is 9.53 Å². The molecule has 3 heterocycles. The summed E-state index contributed by atoms with van der Waals surface area (Å²) in [5, 5.41) is 6.24. The molecule has 114 valence electrons. The first-order valence-electron chi connectivity index (χ1n) is 7.43. The predicted octanol–water partition coefficient (Wildman–Crippen LogP) is 0.324. The van der Waals surface area contributed by atoms with Crippen molar-refractivity contribution in [2.75, 3.05) is 19.7 Å². The van der Waals surface area contributed by atoms with Crippen LogP contribution in [0.4, 0.5) is 0 Å². The summed E-state index contributed by atoms with van der Waals surface area (Å²) in [6.45, 7) is 4.22. The van der Waals surface area contributed by atoms with Gasteiger partial charge in [0.15, 0.2) is 5.43 Å². The van der Waals surface area contributed by atoms with E-state index in [0.29, 0.717) is 6.61 Å². The number of aromatic nitrogens is 1. The summed E-state index contributed by atoms with van der Waals surface area (Å²) in [4.78, 5) is 26.9. The molecule has 1 spiro atoms. The summed E-state index contributed by atoms with van der Waals surface area (Å²) in [5.74, 6) is -0.323. The Labute approximate surface area is 123 Å². The van der Waals surface area contributed by atoms with Gasteiger partial charge >= 0.3 is 0 Å². The molecule has 1 atom stereocenters. The molecule has 0 saturated carbocycles. The quantitative estimate of drug-likeness (QED) is 0.733. The Morgan fingerprint density at radius 3 is 2.90 bits per heavy atom. The molecule has 3 rings (SSSR count). The van der Waals surface area contributed by atoms with E-state index in [0.717, 1.165) is 38.0 Å². The predicted molar refractivity (Wildman–Crippen MR) is 78.5 cm³/mol. The average Bonchev–Trinajstić information content (AvgIpc) is 2.82. The Kier molecular flexibility index (Phi) is 3.82. The lowest BCUT2D eigenvalue weighted by Gasteiger charge is -2.32. The van der Waals surface area contributed by atoms with Gasteiger partial charge in [-0.2, -0.15) is 0 Å². The number of hydrogen-bond acceptors (Lipinski definition) is 4. The lowest BCUT2D eigenvalue weighted by molar-refractivity contribution is -0.0194. The fourth-order valence-corrected chi connectivity index (χ4v) is 3.18. The minimum Gasteiger partial charge on any atom is -0.373 e. The van der Waals surface area contributed by atoms with Crippen molar-refractivity contribution in [2.45, 2.75) is 37.8 Å². The highest BCUT2D eigenvalue weighted by Gasteiger charge is 2.41. The summed E-state index contributed by atoms with van der Waals surface area (Å²) in [6.07, 6.45) is 4.25. The maximum atomic E-state index is 12.2. The third kappa shape index (κ3) is 3.01. The molecule has 0 radical (unpaired) electrons. The zero-order chi connectivity index (χ0) is 14.9. The molecule has 1 amide bonds. The monoisotopic (exact) mass is 291 g/mol. The molecule has 0 bridgehead atoms. The standard InChI is InChI=1S/C15H21N3O3/c1-10-6-13(19)12(8-17-10)14(20)18-11-7-15(21-9-11)2-4-16-5-3-15/h6,8,11,16H,2-5,7,9H2,1H3,(H,17,19)(H,18,20). The van der Waals surface area contributed by atoms with Crippen molar-refractivity contribution in [2.24, 2.45) is 0 Å². The van der Waals surface area contributed by atoms with Gasteiger partial charge in [0.1, 0.15) is 5.56 Å². The smallest absolute Gasteiger partial charge is 0.257 e. The van der Waals surface area contributed by atoms with Crippen LogP contribution in [0.5, 0.6) is 0 Å². The van der Waals surface area contributed by atoms with Gasteiger partial charge in [0.05, 0.1) is 18.2 Å². The number of carbonyl (C=O) groups excluding carboxylic acids is 1. The number of rotatable bonds is 2. The summed E-state index contributed by atoms with van der Waals surface area (Å²) < 4.78 is 5.94. The number of pyridine rings is 1. The van der Waals surface area contributed by atoms with Crippen LogP contribution in [0.25, 0.3) is 0 Å². The molecule has 1 aromatic heterocycles. The minimum absolute atomic E-state index is 0.0173. The highest BCUT2D eigenvalue weighted by Crippen LogP contribution is 2.33. The lowest BCUT2D eigenvalue weighted by Crippen LogP contribution is -2.43. The van der Waals surface area contributed by atoms with E-state index >= 15 is 0 Å². The van der Waals surface area contributed by atoms with E-state index in [1.807, 2.05) is 0 Å². The number of ether oxygens (including phenoxy) is 1. The zero-order valence-corrected chi connectivity index (χ0v) is 12.2. The number of H-pyrrole nitrogens is 1. The number of piperidine rings is 1. The Bertz CT molecular complexity index is 590. The van der Waals surface area contributed by atoms with Crippen molar-refractivity contribution in [1.29, 1.82) is 0 Å². The number of nitrogens with one attached hydrogen (secondary N) is 3. The van der Waals surface area contributed by atoms with Crippen LogP contribution in [0, 0.1) is 6.92 Å². The number of hydrogen-bond donors (Lipinski definition) is 3. The molecule has 21 heavy (non-hydrogen) atoms. The molecule has 0 aliphatic carbocycles. The van der Waals surface area contributed by atoms with Gasteiger partial charge in [-0.25, -0.2) is 0 Å². The van der Waals surface area contributed by atoms with Crippen LogP contribution in [0.1, 0.15) is 35.3 Å². The van der Waals surface area contributed by atoms with E-state index in [1.54, 1.807) is 6.92 Å². The minimum atomic E-state index is -0.323. The highest BCUT2D eigenvalue weighted by molar-refractivity contribution is 5.94. The first kappa shape index (κ1) is 14.3.